The number of benzene rings is 1. The minimum absolute atomic E-state index is 0.0638. The van der Waals surface area contributed by atoms with Gasteiger partial charge in [0, 0.05) is 17.9 Å². The summed E-state index contributed by atoms with van der Waals surface area (Å²) < 4.78 is 7.27. The van der Waals surface area contributed by atoms with E-state index in [1.54, 1.807) is 21.9 Å². The molecule has 2 amide bonds. The maximum atomic E-state index is 13.3. The van der Waals surface area contributed by atoms with Gasteiger partial charge < -0.3 is 14.6 Å². The van der Waals surface area contributed by atoms with Crippen LogP contribution >= 0.6 is 0 Å². The molecular formula is C30H42N4O3. The molecule has 37 heavy (non-hydrogen) atoms. The Morgan fingerprint density at radius 2 is 1.78 bits per heavy atom. The summed E-state index contributed by atoms with van der Waals surface area (Å²) in [4.78, 5) is 28.2. The number of anilines is 1. The average molecular weight is 507 g/mol. The quantitative estimate of drug-likeness (QED) is 0.359. The highest BCUT2D eigenvalue weighted by Gasteiger charge is 2.25. The number of carbonyl (C=O) groups excluding carboxylic acids is 2. The van der Waals surface area contributed by atoms with Gasteiger partial charge in [-0.15, -0.1) is 0 Å². The van der Waals surface area contributed by atoms with Crippen LogP contribution in [0.3, 0.4) is 0 Å². The van der Waals surface area contributed by atoms with Gasteiger partial charge in [-0.2, -0.15) is 5.10 Å². The number of rotatable bonds is 9. The molecule has 0 fully saturated rings. The molecule has 3 rings (SSSR count). The van der Waals surface area contributed by atoms with Crippen molar-refractivity contribution < 1.29 is 14.0 Å². The lowest BCUT2D eigenvalue weighted by atomic mass is 9.84. The molecule has 2 heterocycles. The number of hydrogen-bond acceptors (Lipinski definition) is 4. The molecule has 0 radical (unpaired) electrons. The summed E-state index contributed by atoms with van der Waals surface area (Å²) in [5.41, 5.74) is 2.74. The molecule has 7 heteroatoms. The second kappa shape index (κ2) is 11.4. The maximum Gasteiger partial charge on any atom is 0.245 e. The van der Waals surface area contributed by atoms with Crippen LogP contribution in [-0.4, -0.2) is 33.0 Å². The summed E-state index contributed by atoms with van der Waals surface area (Å²) in [5, 5.41) is 7.84. The summed E-state index contributed by atoms with van der Waals surface area (Å²) in [6.45, 7) is 17.0. The molecule has 1 N–H and O–H groups in total. The first-order valence-corrected chi connectivity index (χ1v) is 13.0. The third-order valence-corrected chi connectivity index (χ3v) is 6.19. The van der Waals surface area contributed by atoms with E-state index in [2.05, 4.69) is 53.8 Å². The highest BCUT2D eigenvalue weighted by molar-refractivity contribution is 5.94. The van der Waals surface area contributed by atoms with Crippen LogP contribution in [0.4, 0.5) is 5.82 Å². The van der Waals surface area contributed by atoms with Crippen molar-refractivity contribution in [3.63, 3.8) is 0 Å². The zero-order valence-corrected chi connectivity index (χ0v) is 23.6. The smallest absolute Gasteiger partial charge is 0.245 e. The fourth-order valence-electron chi connectivity index (χ4n) is 4.54. The summed E-state index contributed by atoms with van der Waals surface area (Å²) in [6, 6.07) is 13.4. The van der Waals surface area contributed by atoms with Crippen molar-refractivity contribution >= 4 is 17.6 Å². The molecule has 200 valence electrons. The van der Waals surface area contributed by atoms with E-state index in [0.717, 1.165) is 23.4 Å². The zero-order valence-electron chi connectivity index (χ0n) is 23.6. The Balaban J connectivity index is 1.83. The van der Waals surface area contributed by atoms with E-state index in [-0.39, 0.29) is 41.7 Å². The second-order valence-corrected chi connectivity index (χ2v) is 12.3. The Kier molecular flexibility index (Phi) is 8.67. The minimum Gasteiger partial charge on any atom is -0.467 e. The zero-order chi connectivity index (χ0) is 27.4. The first kappa shape index (κ1) is 28.2. The topological polar surface area (TPSA) is 80.4 Å². The number of aromatic nitrogens is 2. The van der Waals surface area contributed by atoms with Crippen molar-refractivity contribution in [1.82, 2.24) is 14.7 Å². The van der Waals surface area contributed by atoms with Crippen LogP contribution in [-0.2, 0) is 21.5 Å². The van der Waals surface area contributed by atoms with E-state index < -0.39 is 0 Å². The number of furan rings is 1. The number of aryl methyl sites for hydroxylation is 1. The van der Waals surface area contributed by atoms with Crippen LogP contribution in [0.25, 0.3) is 5.69 Å². The Morgan fingerprint density at radius 1 is 1.08 bits per heavy atom. The molecule has 0 aliphatic heterocycles. The number of carbonyl (C=O) groups is 2. The average Bonchev–Trinajstić information content (AvgIpc) is 3.42. The van der Waals surface area contributed by atoms with Crippen molar-refractivity contribution in [3.8, 4) is 5.69 Å². The third-order valence-electron chi connectivity index (χ3n) is 6.19. The summed E-state index contributed by atoms with van der Waals surface area (Å²) in [6.07, 6.45) is 2.88. The van der Waals surface area contributed by atoms with Crippen molar-refractivity contribution in [2.24, 2.45) is 11.3 Å². The summed E-state index contributed by atoms with van der Waals surface area (Å²) in [7, 11) is 0. The molecule has 0 saturated carbocycles. The van der Waals surface area contributed by atoms with E-state index in [4.69, 9.17) is 9.52 Å². The molecule has 1 unspecified atom stereocenters. The van der Waals surface area contributed by atoms with Gasteiger partial charge in [0.2, 0.25) is 11.8 Å². The van der Waals surface area contributed by atoms with Crippen molar-refractivity contribution in [3.05, 3.63) is 65.7 Å². The van der Waals surface area contributed by atoms with Crippen molar-refractivity contribution in [2.75, 3.05) is 11.9 Å². The van der Waals surface area contributed by atoms with Gasteiger partial charge in [0.25, 0.3) is 0 Å². The lowest BCUT2D eigenvalue weighted by molar-refractivity contribution is -0.136. The molecule has 0 bridgehead atoms. The first-order valence-electron chi connectivity index (χ1n) is 13.0. The Bertz CT molecular complexity index is 1200. The van der Waals surface area contributed by atoms with Gasteiger partial charge >= 0.3 is 0 Å². The molecule has 1 aromatic carbocycles. The van der Waals surface area contributed by atoms with Crippen LogP contribution in [0.15, 0.2) is 53.1 Å². The van der Waals surface area contributed by atoms with Crippen LogP contribution in [0, 0.1) is 18.3 Å². The molecule has 0 saturated heterocycles. The standard InChI is InChI=1S/C30H42N4O3/c1-21(18-29(3,4)5)16-28(36)33(19-23-13-11-15-37-23)20-27(35)31-26-17-25(30(6,7)8)32-34(26)24-14-10-9-12-22(24)2/h9-15,17,21H,16,18-20H2,1-8H3,(H,31,35). The largest absolute Gasteiger partial charge is 0.467 e. The van der Waals surface area contributed by atoms with Gasteiger partial charge in [0.1, 0.15) is 18.1 Å². The molecule has 0 aliphatic carbocycles. The van der Waals surface area contributed by atoms with E-state index in [9.17, 15) is 9.59 Å². The lowest BCUT2D eigenvalue weighted by Gasteiger charge is -2.26. The van der Waals surface area contributed by atoms with E-state index in [1.807, 2.05) is 43.3 Å². The monoisotopic (exact) mass is 506 g/mol. The predicted molar refractivity (Wildman–Crippen MR) is 148 cm³/mol. The van der Waals surface area contributed by atoms with Gasteiger partial charge in [-0.05, 0) is 48.4 Å². The van der Waals surface area contributed by atoms with E-state index in [1.165, 1.54) is 0 Å². The van der Waals surface area contributed by atoms with E-state index >= 15 is 0 Å². The van der Waals surface area contributed by atoms with Crippen LogP contribution in [0.5, 0.6) is 0 Å². The lowest BCUT2D eigenvalue weighted by Crippen LogP contribution is -2.38. The van der Waals surface area contributed by atoms with Gasteiger partial charge in [-0.25, -0.2) is 4.68 Å². The maximum absolute atomic E-state index is 13.3. The Morgan fingerprint density at radius 3 is 2.38 bits per heavy atom. The fourth-order valence-corrected chi connectivity index (χ4v) is 4.54. The second-order valence-electron chi connectivity index (χ2n) is 12.3. The van der Waals surface area contributed by atoms with Gasteiger partial charge in [-0.3, -0.25) is 9.59 Å². The van der Waals surface area contributed by atoms with E-state index in [0.29, 0.717) is 18.0 Å². The first-order chi connectivity index (χ1) is 17.2. The van der Waals surface area contributed by atoms with Crippen molar-refractivity contribution in [1.29, 1.82) is 0 Å². The third kappa shape index (κ3) is 8.07. The minimum atomic E-state index is -0.279. The van der Waals surface area contributed by atoms with Crippen molar-refractivity contribution in [2.45, 2.75) is 80.2 Å². The normalized spacial score (nSPS) is 12.9. The Hall–Kier alpha value is -3.35. The molecule has 1 atom stereocenters. The van der Waals surface area contributed by atoms with Crippen LogP contribution in [0.2, 0.25) is 0 Å². The summed E-state index contributed by atoms with van der Waals surface area (Å²) in [5.74, 6) is 1.08. The highest BCUT2D eigenvalue weighted by Crippen LogP contribution is 2.28. The molecule has 0 aliphatic rings. The SMILES string of the molecule is Cc1ccccc1-n1nc(C(C)(C)C)cc1NC(=O)CN(Cc1ccco1)C(=O)CC(C)CC(C)(C)C. The number of nitrogens with one attached hydrogen (secondary N) is 1. The number of hydrogen-bond donors (Lipinski definition) is 1. The number of nitrogens with zero attached hydrogens (tertiary/aromatic N) is 3. The van der Waals surface area contributed by atoms with Crippen LogP contribution < -0.4 is 5.32 Å². The number of para-hydroxylation sites is 1. The molecule has 3 aromatic rings. The molecule has 0 spiro atoms. The Labute approximate surface area is 221 Å². The van der Waals surface area contributed by atoms with Gasteiger partial charge in [0.05, 0.1) is 24.2 Å². The highest BCUT2D eigenvalue weighted by atomic mass is 16.3. The van der Waals surface area contributed by atoms with Gasteiger partial charge in [-0.1, -0.05) is 66.7 Å². The molecule has 2 aromatic heterocycles. The van der Waals surface area contributed by atoms with Crippen LogP contribution in [0.1, 0.15) is 78.3 Å². The predicted octanol–water partition coefficient (Wildman–Crippen LogP) is 6.50. The van der Waals surface area contributed by atoms with Gasteiger partial charge in [0.15, 0.2) is 0 Å². The fraction of sp³-hybridized carbons (Fsp3) is 0.500. The molecular weight excluding hydrogens is 464 g/mol. The summed E-state index contributed by atoms with van der Waals surface area (Å²) >= 11 is 0. The molecule has 7 nitrogen and oxygen atoms in total. The number of amides is 2.